The van der Waals surface area contributed by atoms with E-state index in [4.69, 9.17) is 51.1 Å². The molecule has 0 saturated heterocycles. The fraction of sp³-hybridized carbons (Fsp3) is 0.267. The van der Waals surface area contributed by atoms with Crippen LogP contribution in [-0.2, 0) is 0 Å². The SMILES string of the molecule is CCO.Cc1cc(-c2cccc(-c3cc(C)[nH]n3)n2)n[nH]1.O=[N+]([O-])[O-].O=[N+]([O-])[O-].O=[N+]([O-])[O-].[Tb+3]. The Bertz CT molecular complexity index is 901. The molecule has 0 amide bonds. The van der Waals surface area contributed by atoms with E-state index >= 15 is 0 Å². The number of hydrogen-bond donors (Lipinski definition) is 3. The maximum absolute atomic E-state index is 8.25. The minimum Gasteiger partial charge on any atom is -0.397 e. The van der Waals surface area contributed by atoms with Gasteiger partial charge >= 0.3 is 38.6 Å². The predicted octanol–water partition coefficient (Wildman–Crippen LogP) is 1.76. The molecular weight excluding hydrogens is 611 g/mol. The van der Waals surface area contributed by atoms with Crippen LogP contribution in [0.1, 0.15) is 18.3 Å². The molecule has 18 nitrogen and oxygen atoms in total. The Morgan fingerprint density at radius 3 is 1.24 bits per heavy atom. The van der Waals surface area contributed by atoms with Crippen molar-refractivity contribution in [2.24, 2.45) is 0 Å². The number of nitrogens with one attached hydrogen (secondary N) is 2. The second kappa shape index (κ2) is 20.1. The van der Waals surface area contributed by atoms with Gasteiger partial charge in [0.05, 0.1) is 26.6 Å². The molecule has 0 radical (unpaired) electrons. The average Bonchev–Trinajstić information content (AvgIpc) is 3.30. The third-order valence-electron chi connectivity index (χ3n) is 2.69. The molecule has 0 aliphatic rings. The van der Waals surface area contributed by atoms with E-state index in [-0.39, 0.29) is 45.2 Å². The van der Waals surface area contributed by atoms with Gasteiger partial charge < -0.3 is 51.1 Å². The number of aryl methyl sites for hydroxylation is 2. The van der Waals surface area contributed by atoms with Gasteiger partial charge in [-0.15, -0.1) is 0 Å². The maximum Gasteiger partial charge on any atom is 3.00 e. The first-order valence-electron chi connectivity index (χ1n) is 8.41. The maximum atomic E-state index is 8.25. The number of nitrogens with zero attached hydrogens (tertiary/aromatic N) is 6. The van der Waals surface area contributed by atoms with Crippen molar-refractivity contribution in [2.75, 3.05) is 6.61 Å². The van der Waals surface area contributed by atoms with Crippen LogP contribution in [0, 0.1) is 98.4 Å². The number of aliphatic hydroxyl groups is 1. The van der Waals surface area contributed by atoms with Crippen LogP contribution in [0.4, 0.5) is 0 Å². The van der Waals surface area contributed by atoms with Crippen LogP contribution >= 0.6 is 0 Å². The van der Waals surface area contributed by atoms with Crippen molar-refractivity contribution in [1.82, 2.24) is 25.4 Å². The molecule has 0 aromatic carbocycles. The molecule has 0 aliphatic carbocycles. The fourth-order valence-electron chi connectivity index (χ4n) is 1.82. The van der Waals surface area contributed by atoms with Gasteiger partial charge in [-0.1, -0.05) is 6.07 Å². The first kappa shape index (κ1) is 35.0. The van der Waals surface area contributed by atoms with Gasteiger partial charge in [-0.05, 0) is 45.0 Å². The Hall–Kier alpha value is -3.58. The molecule has 0 spiro atoms. The summed E-state index contributed by atoms with van der Waals surface area (Å²) in [7, 11) is 0. The summed E-state index contributed by atoms with van der Waals surface area (Å²) in [6.07, 6.45) is 0. The number of aliphatic hydroxyl groups excluding tert-OH is 1. The minimum absolute atomic E-state index is 0. The number of aromatic nitrogens is 5. The zero-order chi connectivity index (χ0) is 26.0. The number of H-pyrrole nitrogens is 2. The molecule has 3 heterocycles. The summed E-state index contributed by atoms with van der Waals surface area (Å²) in [5.74, 6) is 0. The summed E-state index contributed by atoms with van der Waals surface area (Å²) in [5, 5.41) is 66.1. The van der Waals surface area contributed by atoms with Gasteiger partial charge in [0.25, 0.3) is 0 Å². The molecule has 0 unspecified atom stereocenters. The van der Waals surface area contributed by atoms with Gasteiger partial charge in [-0.25, -0.2) is 4.98 Å². The smallest absolute Gasteiger partial charge is 0.397 e. The van der Waals surface area contributed by atoms with E-state index in [9.17, 15) is 0 Å². The average molecular weight is 630 g/mol. The largest absolute Gasteiger partial charge is 3.00 e. The summed E-state index contributed by atoms with van der Waals surface area (Å²) >= 11 is 0. The van der Waals surface area contributed by atoms with Crippen molar-refractivity contribution in [2.45, 2.75) is 20.8 Å². The summed E-state index contributed by atoms with van der Waals surface area (Å²) in [6.45, 7) is 5.87. The van der Waals surface area contributed by atoms with E-state index in [2.05, 4.69) is 25.4 Å². The number of rotatable bonds is 2. The Labute approximate surface area is 221 Å². The van der Waals surface area contributed by atoms with Gasteiger partial charge in [0.15, 0.2) is 0 Å². The van der Waals surface area contributed by atoms with Gasteiger partial charge in [0.1, 0.15) is 11.4 Å². The summed E-state index contributed by atoms with van der Waals surface area (Å²) in [6, 6.07) is 9.80. The van der Waals surface area contributed by atoms with Gasteiger partial charge in [-0.3, -0.25) is 10.2 Å². The van der Waals surface area contributed by atoms with E-state index in [1.165, 1.54) is 0 Å². The molecule has 188 valence electrons. The summed E-state index contributed by atoms with van der Waals surface area (Å²) < 4.78 is 0. The standard InChI is InChI=1S/C13H13N5.C2H6O.3NO3.Tb/c1-8-6-12(17-15-8)10-4-3-5-11(14-10)13-7-9(2)16-18-13;1-2-3;3*2-1(3)4;/h3-7H,1-2H3,(H,15,17)(H,16,18);3H,2H2,1H3;;;;/q;;3*-1;+3. The van der Waals surface area contributed by atoms with Crippen LogP contribution in [-0.4, -0.2) is 52.4 Å². The summed E-state index contributed by atoms with van der Waals surface area (Å²) in [5.41, 5.74) is 5.43. The van der Waals surface area contributed by atoms with Gasteiger partial charge in [0, 0.05) is 18.0 Å². The predicted molar refractivity (Wildman–Crippen MR) is 113 cm³/mol. The van der Waals surface area contributed by atoms with E-state index < -0.39 is 15.3 Å². The van der Waals surface area contributed by atoms with Crippen molar-refractivity contribution in [1.29, 1.82) is 0 Å². The van der Waals surface area contributed by atoms with Crippen LogP contribution in [0.5, 0.6) is 0 Å². The monoisotopic (exact) mass is 630 g/mol. The van der Waals surface area contributed by atoms with Crippen molar-refractivity contribution >= 4 is 0 Å². The molecule has 3 aromatic rings. The van der Waals surface area contributed by atoms with E-state index in [1.54, 1.807) is 6.92 Å². The van der Waals surface area contributed by atoms with Crippen LogP contribution in [0.25, 0.3) is 22.8 Å². The van der Waals surface area contributed by atoms with E-state index in [0.29, 0.717) is 0 Å². The molecule has 19 heteroatoms. The van der Waals surface area contributed by atoms with Gasteiger partial charge in [0.2, 0.25) is 0 Å². The zero-order valence-corrected chi connectivity index (χ0v) is 19.9. The number of hydrogen-bond acceptors (Lipinski definition) is 13. The fourth-order valence-corrected chi connectivity index (χ4v) is 1.82. The Morgan fingerprint density at radius 2 is 1.03 bits per heavy atom. The molecule has 0 aliphatic heterocycles. The first-order valence-corrected chi connectivity index (χ1v) is 8.41. The topological polar surface area (TPSA) is 289 Å². The second-order valence-electron chi connectivity index (χ2n) is 5.27. The first-order chi connectivity index (χ1) is 15.3. The second-order valence-corrected chi connectivity index (χ2v) is 5.27. The summed E-state index contributed by atoms with van der Waals surface area (Å²) in [4.78, 5) is 29.3. The van der Waals surface area contributed by atoms with Crippen LogP contribution < -0.4 is 0 Å². The Kier molecular flexibility index (Phi) is 20.7. The molecule has 3 rings (SSSR count). The molecule has 34 heavy (non-hydrogen) atoms. The zero-order valence-electron chi connectivity index (χ0n) is 17.7. The van der Waals surface area contributed by atoms with Crippen LogP contribution in [0.3, 0.4) is 0 Å². The third-order valence-corrected chi connectivity index (χ3v) is 2.69. The quantitative estimate of drug-likeness (QED) is 0.269. The molecule has 0 fully saturated rings. The van der Waals surface area contributed by atoms with Crippen molar-refractivity contribution in [3.63, 3.8) is 0 Å². The molecule has 0 atom stereocenters. The van der Waals surface area contributed by atoms with Crippen molar-refractivity contribution in [3.8, 4) is 22.8 Å². The normalized spacial score (nSPS) is 8.35. The molecule has 3 N–H and O–H groups in total. The molecule has 0 bridgehead atoms. The van der Waals surface area contributed by atoms with Crippen molar-refractivity contribution in [3.05, 3.63) is 87.7 Å². The van der Waals surface area contributed by atoms with E-state index in [0.717, 1.165) is 34.2 Å². The Balaban J connectivity index is -0.000000500. The minimum atomic E-state index is -1.75. The Morgan fingerprint density at radius 1 is 0.765 bits per heavy atom. The molecule has 3 aromatic heterocycles. The molecule has 0 saturated carbocycles. The van der Waals surface area contributed by atoms with Crippen LogP contribution in [0.15, 0.2) is 30.3 Å². The third kappa shape index (κ3) is 20.3. The number of pyridine rings is 1. The van der Waals surface area contributed by atoms with Crippen LogP contribution in [0.2, 0.25) is 0 Å². The van der Waals surface area contributed by atoms with Gasteiger partial charge in [-0.2, -0.15) is 10.2 Å². The number of aromatic amines is 2. The molecular formula is C15H19N8O10Tb. The van der Waals surface area contributed by atoms with E-state index in [1.807, 2.05) is 44.2 Å². The van der Waals surface area contributed by atoms with Crippen molar-refractivity contribution < 1.29 is 59.0 Å².